The van der Waals surface area contributed by atoms with E-state index in [0.717, 1.165) is 16.4 Å². The van der Waals surface area contributed by atoms with Crippen molar-refractivity contribution in [1.82, 2.24) is 0 Å². The molecule has 6 nitrogen and oxygen atoms in total. The Morgan fingerprint density at radius 1 is 0.923 bits per heavy atom. The van der Waals surface area contributed by atoms with E-state index in [1.807, 2.05) is 30.3 Å². The molecule has 0 radical (unpaired) electrons. The lowest BCUT2D eigenvalue weighted by Crippen LogP contribution is -2.39. The maximum Gasteiger partial charge on any atom is 0.310 e. The van der Waals surface area contributed by atoms with Gasteiger partial charge in [-0.05, 0) is 18.2 Å². The van der Waals surface area contributed by atoms with Crippen molar-refractivity contribution in [3.63, 3.8) is 0 Å². The summed E-state index contributed by atoms with van der Waals surface area (Å²) in [4.78, 5) is 24.2. The van der Waals surface area contributed by atoms with Gasteiger partial charge in [-0.25, -0.2) is 0 Å². The van der Waals surface area contributed by atoms with Crippen LogP contribution in [-0.4, -0.2) is 29.2 Å². The number of carboxylic acid groups (broad SMARTS) is 1. The van der Waals surface area contributed by atoms with Gasteiger partial charge in [0.1, 0.15) is 17.1 Å². The van der Waals surface area contributed by atoms with Gasteiger partial charge in [-0.1, -0.05) is 30.4 Å². The normalized spacial score (nSPS) is 26.6. The lowest BCUT2D eigenvalue weighted by atomic mass is 9.82. The third-order valence-corrected chi connectivity index (χ3v) is 5.13. The van der Waals surface area contributed by atoms with Crippen LogP contribution in [0.25, 0.3) is 21.9 Å². The molecule has 0 aliphatic carbocycles. The lowest BCUT2D eigenvalue weighted by molar-refractivity contribution is -0.145. The Labute approximate surface area is 148 Å². The van der Waals surface area contributed by atoms with E-state index >= 15 is 0 Å². The maximum absolute atomic E-state index is 12.7. The molecule has 2 aliphatic heterocycles. The predicted molar refractivity (Wildman–Crippen MR) is 94.8 cm³/mol. The average molecular weight is 349 g/mol. The summed E-state index contributed by atoms with van der Waals surface area (Å²) in [6.45, 7) is 0. The van der Waals surface area contributed by atoms with E-state index in [9.17, 15) is 14.7 Å². The van der Waals surface area contributed by atoms with Gasteiger partial charge >= 0.3 is 5.97 Å². The first-order valence-electron chi connectivity index (χ1n) is 8.40. The number of nitrogens with one attached hydrogen (secondary N) is 1. The van der Waals surface area contributed by atoms with Crippen LogP contribution in [0, 0.1) is 11.8 Å². The second kappa shape index (κ2) is 5.44. The SMILES string of the molecule is O=C(O)[C@@H]1[C@H](C(=O)Nc2ccc3c(c2)oc2ccccc23)[C@H]2C=C[C@H]1O2. The van der Waals surface area contributed by atoms with Gasteiger partial charge in [-0.15, -0.1) is 0 Å². The summed E-state index contributed by atoms with van der Waals surface area (Å²) in [5.41, 5.74) is 2.02. The smallest absolute Gasteiger partial charge is 0.310 e. The average Bonchev–Trinajstić information content (AvgIpc) is 3.33. The minimum Gasteiger partial charge on any atom is -0.481 e. The van der Waals surface area contributed by atoms with E-state index < -0.39 is 30.0 Å². The Morgan fingerprint density at radius 3 is 2.46 bits per heavy atom. The number of carbonyl (C=O) groups excluding carboxylic acids is 1. The monoisotopic (exact) mass is 349 g/mol. The van der Waals surface area contributed by atoms with Crippen LogP contribution in [0.5, 0.6) is 0 Å². The number of hydrogen-bond donors (Lipinski definition) is 2. The molecule has 4 atom stereocenters. The summed E-state index contributed by atoms with van der Waals surface area (Å²) in [6, 6.07) is 13.2. The third-order valence-electron chi connectivity index (χ3n) is 5.13. The number of aliphatic carboxylic acids is 1. The highest BCUT2D eigenvalue weighted by Gasteiger charge is 2.53. The number of para-hydroxylation sites is 1. The van der Waals surface area contributed by atoms with Crippen LogP contribution < -0.4 is 5.32 Å². The quantitative estimate of drug-likeness (QED) is 0.709. The van der Waals surface area contributed by atoms with Gasteiger partial charge in [0.05, 0.1) is 18.1 Å². The molecule has 1 saturated heterocycles. The van der Waals surface area contributed by atoms with E-state index in [2.05, 4.69) is 5.32 Å². The summed E-state index contributed by atoms with van der Waals surface area (Å²) in [5.74, 6) is -2.98. The number of amides is 1. The van der Waals surface area contributed by atoms with Crippen LogP contribution in [0.2, 0.25) is 0 Å². The zero-order valence-corrected chi connectivity index (χ0v) is 13.6. The molecule has 1 amide bonds. The molecule has 3 aromatic rings. The van der Waals surface area contributed by atoms with Crippen molar-refractivity contribution in [2.24, 2.45) is 11.8 Å². The molecule has 130 valence electrons. The number of fused-ring (bicyclic) bond motifs is 5. The molecule has 2 bridgehead atoms. The minimum atomic E-state index is -1.02. The molecule has 1 aromatic heterocycles. The Morgan fingerprint density at radius 2 is 1.65 bits per heavy atom. The highest BCUT2D eigenvalue weighted by atomic mass is 16.5. The number of rotatable bonds is 3. The largest absolute Gasteiger partial charge is 0.481 e. The topological polar surface area (TPSA) is 88.8 Å². The number of ether oxygens (including phenoxy) is 1. The molecule has 0 spiro atoms. The van der Waals surface area contributed by atoms with Crippen LogP contribution in [0.4, 0.5) is 5.69 Å². The summed E-state index contributed by atoms with van der Waals surface area (Å²) >= 11 is 0. The second-order valence-electron chi connectivity index (χ2n) is 6.64. The zero-order chi connectivity index (χ0) is 17.8. The number of benzene rings is 2. The van der Waals surface area contributed by atoms with E-state index in [0.29, 0.717) is 11.3 Å². The molecule has 26 heavy (non-hydrogen) atoms. The predicted octanol–water partition coefficient (Wildman–Crippen LogP) is 3.18. The van der Waals surface area contributed by atoms with Crippen molar-refractivity contribution < 1.29 is 23.8 Å². The molecule has 3 heterocycles. The van der Waals surface area contributed by atoms with Crippen molar-refractivity contribution in [3.05, 3.63) is 54.6 Å². The number of carbonyl (C=O) groups is 2. The fourth-order valence-electron chi connectivity index (χ4n) is 3.94. The highest BCUT2D eigenvalue weighted by molar-refractivity contribution is 6.06. The Balaban J connectivity index is 1.45. The number of carboxylic acids is 1. The van der Waals surface area contributed by atoms with Gasteiger partial charge in [-0.2, -0.15) is 0 Å². The molecule has 1 fully saturated rings. The van der Waals surface area contributed by atoms with Crippen molar-refractivity contribution in [2.75, 3.05) is 5.32 Å². The molecule has 2 aromatic carbocycles. The van der Waals surface area contributed by atoms with Gasteiger partial charge in [0, 0.05) is 22.5 Å². The maximum atomic E-state index is 12.7. The van der Waals surface area contributed by atoms with Crippen molar-refractivity contribution in [3.8, 4) is 0 Å². The molecular formula is C20H15NO5. The summed E-state index contributed by atoms with van der Waals surface area (Å²) in [7, 11) is 0. The zero-order valence-electron chi connectivity index (χ0n) is 13.6. The van der Waals surface area contributed by atoms with E-state index in [4.69, 9.17) is 9.15 Å². The van der Waals surface area contributed by atoms with Crippen LogP contribution in [0.3, 0.4) is 0 Å². The van der Waals surface area contributed by atoms with Crippen LogP contribution in [0.1, 0.15) is 0 Å². The Kier molecular flexibility index (Phi) is 3.17. The van der Waals surface area contributed by atoms with Crippen LogP contribution >= 0.6 is 0 Å². The number of furan rings is 1. The first-order chi connectivity index (χ1) is 12.6. The standard InChI is InChI=1S/C20H15NO5/c22-19(17-14-7-8-15(26-14)18(17)20(23)24)21-10-5-6-12-11-3-1-2-4-13(11)25-16(12)9-10/h1-9,14-15,17-18H,(H,21,22)(H,23,24)/t14-,15-,17-,18+/m1/s1. The van der Waals surface area contributed by atoms with Gasteiger partial charge in [0.15, 0.2) is 0 Å². The lowest BCUT2D eigenvalue weighted by Gasteiger charge is -2.20. The van der Waals surface area contributed by atoms with Gasteiger partial charge in [-0.3, -0.25) is 9.59 Å². The van der Waals surface area contributed by atoms with Gasteiger partial charge in [0.25, 0.3) is 0 Å². The van der Waals surface area contributed by atoms with E-state index in [1.54, 1.807) is 24.3 Å². The fraction of sp³-hybridized carbons (Fsp3) is 0.200. The van der Waals surface area contributed by atoms with Gasteiger partial charge < -0.3 is 19.6 Å². The number of anilines is 1. The van der Waals surface area contributed by atoms with Crippen LogP contribution in [-0.2, 0) is 14.3 Å². The second-order valence-corrected chi connectivity index (χ2v) is 6.64. The molecule has 0 saturated carbocycles. The van der Waals surface area contributed by atoms with Crippen molar-refractivity contribution in [2.45, 2.75) is 12.2 Å². The fourth-order valence-corrected chi connectivity index (χ4v) is 3.94. The van der Waals surface area contributed by atoms with Crippen molar-refractivity contribution in [1.29, 1.82) is 0 Å². The van der Waals surface area contributed by atoms with Crippen molar-refractivity contribution >= 4 is 39.5 Å². The molecule has 2 aliphatic rings. The summed E-state index contributed by atoms with van der Waals surface area (Å²) < 4.78 is 11.4. The molecule has 6 heteroatoms. The molecular weight excluding hydrogens is 334 g/mol. The third kappa shape index (κ3) is 2.16. The first-order valence-corrected chi connectivity index (χ1v) is 8.40. The molecule has 2 N–H and O–H groups in total. The van der Waals surface area contributed by atoms with Gasteiger partial charge in [0.2, 0.25) is 5.91 Å². The summed E-state index contributed by atoms with van der Waals surface area (Å²) in [6.07, 6.45) is 2.45. The number of hydrogen-bond acceptors (Lipinski definition) is 4. The van der Waals surface area contributed by atoms with E-state index in [-0.39, 0.29) is 5.91 Å². The Bertz CT molecular complexity index is 1080. The highest BCUT2D eigenvalue weighted by Crippen LogP contribution is 2.40. The summed E-state index contributed by atoms with van der Waals surface area (Å²) in [5, 5.41) is 14.2. The molecule has 0 unspecified atom stereocenters. The van der Waals surface area contributed by atoms with Crippen LogP contribution in [0.15, 0.2) is 59.0 Å². The first kappa shape index (κ1) is 15.2. The Hall–Kier alpha value is -3.12. The minimum absolute atomic E-state index is 0.357. The molecule has 5 rings (SSSR count). The van der Waals surface area contributed by atoms with E-state index in [1.165, 1.54) is 0 Å².